The van der Waals surface area contributed by atoms with E-state index in [1.54, 1.807) is 16.7 Å². The summed E-state index contributed by atoms with van der Waals surface area (Å²) in [7, 11) is 0. The fourth-order valence-electron chi connectivity index (χ4n) is 3.48. The molecule has 0 amide bonds. The molecule has 6 nitrogen and oxygen atoms in total. The van der Waals surface area contributed by atoms with Gasteiger partial charge in [0.15, 0.2) is 0 Å². The maximum absolute atomic E-state index is 12.6. The number of rotatable bonds is 2. The topological polar surface area (TPSA) is 77.5 Å². The molecule has 0 aliphatic carbocycles. The Kier molecular flexibility index (Phi) is 2.53. The lowest BCUT2D eigenvalue weighted by molar-refractivity contribution is 0.366. The Bertz CT molecular complexity index is 1150. The zero-order valence-electron chi connectivity index (χ0n) is 12.7. The van der Waals surface area contributed by atoms with Crippen molar-refractivity contribution in [3.05, 3.63) is 76.0 Å². The summed E-state index contributed by atoms with van der Waals surface area (Å²) in [5, 5.41) is 8.57. The molecule has 24 heavy (non-hydrogen) atoms. The minimum atomic E-state index is -0.0751. The van der Waals surface area contributed by atoms with Gasteiger partial charge in [0.1, 0.15) is 17.2 Å². The molecule has 4 aromatic rings. The van der Waals surface area contributed by atoms with Gasteiger partial charge in [0, 0.05) is 12.6 Å². The highest BCUT2D eigenvalue weighted by Crippen LogP contribution is 2.28. The standard InChI is InChI=1S/C18H14N4O2/c19-17-16-11(9-21(17)10-12-4-3-7-24-12)8-15(23)22-14-6-2-1-5-13(14)20-18(16)22/h1-8,19-20H,9-10H2. The predicted octanol–water partition coefficient (Wildman–Crippen LogP) is 2.71. The van der Waals surface area contributed by atoms with E-state index in [1.165, 1.54) is 0 Å². The van der Waals surface area contributed by atoms with Gasteiger partial charge < -0.3 is 14.3 Å². The minimum absolute atomic E-state index is 0.0751. The number of pyridine rings is 1. The Labute approximate surface area is 136 Å². The molecule has 3 aromatic heterocycles. The molecule has 1 aliphatic heterocycles. The molecule has 4 heterocycles. The molecule has 1 aromatic carbocycles. The molecule has 5 rings (SSSR count). The third-order valence-electron chi connectivity index (χ3n) is 4.54. The van der Waals surface area contributed by atoms with Crippen LogP contribution < -0.4 is 5.56 Å². The van der Waals surface area contributed by atoms with Gasteiger partial charge in [-0.1, -0.05) is 12.1 Å². The van der Waals surface area contributed by atoms with Crippen LogP contribution in [0.4, 0.5) is 0 Å². The van der Waals surface area contributed by atoms with E-state index in [0.29, 0.717) is 24.6 Å². The van der Waals surface area contributed by atoms with Gasteiger partial charge in [0.05, 0.1) is 29.4 Å². The van der Waals surface area contributed by atoms with Crippen LogP contribution in [0.15, 0.2) is 57.9 Å². The van der Waals surface area contributed by atoms with E-state index in [4.69, 9.17) is 9.83 Å². The highest BCUT2D eigenvalue weighted by molar-refractivity contribution is 6.06. The number of hydrogen-bond acceptors (Lipinski definition) is 3. The molecule has 1 aliphatic rings. The van der Waals surface area contributed by atoms with Gasteiger partial charge in [-0.15, -0.1) is 0 Å². The third-order valence-corrected chi connectivity index (χ3v) is 4.54. The number of para-hydroxylation sites is 2. The van der Waals surface area contributed by atoms with Crippen molar-refractivity contribution < 1.29 is 4.42 Å². The smallest absolute Gasteiger partial charge is 0.257 e. The molecule has 0 saturated heterocycles. The third kappa shape index (κ3) is 1.70. The quantitative estimate of drug-likeness (QED) is 0.596. The summed E-state index contributed by atoms with van der Waals surface area (Å²) in [5.74, 6) is 1.21. The summed E-state index contributed by atoms with van der Waals surface area (Å²) in [6.07, 6.45) is 1.63. The van der Waals surface area contributed by atoms with E-state index in [0.717, 1.165) is 27.9 Å². The van der Waals surface area contributed by atoms with Crippen molar-refractivity contribution in [1.29, 1.82) is 5.41 Å². The van der Waals surface area contributed by atoms with Crippen LogP contribution in [0.1, 0.15) is 16.9 Å². The molecular formula is C18H14N4O2. The van der Waals surface area contributed by atoms with Gasteiger partial charge in [-0.05, 0) is 29.8 Å². The van der Waals surface area contributed by atoms with Crippen LogP contribution in [0, 0.1) is 5.41 Å². The van der Waals surface area contributed by atoms with Gasteiger partial charge in [0.25, 0.3) is 5.56 Å². The molecular weight excluding hydrogens is 304 g/mol. The number of furan rings is 1. The number of H-pyrrole nitrogens is 1. The summed E-state index contributed by atoms with van der Waals surface area (Å²) in [5.41, 5.74) is 4.00. The molecule has 0 spiro atoms. The van der Waals surface area contributed by atoms with Crippen molar-refractivity contribution in [2.45, 2.75) is 13.1 Å². The Morgan fingerprint density at radius 1 is 1.21 bits per heavy atom. The number of nitrogens with one attached hydrogen (secondary N) is 2. The number of fused-ring (bicyclic) bond motifs is 5. The maximum Gasteiger partial charge on any atom is 0.257 e. The second kappa shape index (κ2) is 4.61. The van der Waals surface area contributed by atoms with Gasteiger partial charge >= 0.3 is 0 Å². The lowest BCUT2D eigenvalue weighted by Crippen LogP contribution is -2.23. The second-order valence-corrected chi connectivity index (χ2v) is 5.99. The molecule has 0 unspecified atom stereocenters. The van der Waals surface area contributed by atoms with Crippen LogP contribution in [0.2, 0.25) is 0 Å². The summed E-state index contributed by atoms with van der Waals surface area (Å²) < 4.78 is 7.04. The minimum Gasteiger partial charge on any atom is -0.467 e. The molecule has 0 bridgehead atoms. The zero-order valence-corrected chi connectivity index (χ0v) is 12.7. The molecule has 0 fully saturated rings. The summed E-state index contributed by atoms with van der Waals surface area (Å²) >= 11 is 0. The number of nitrogens with zero attached hydrogens (tertiary/aromatic N) is 2. The van der Waals surface area contributed by atoms with Crippen molar-refractivity contribution in [2.24, 2.45) is 0 Å². The van der Waals surface area contributed by atoms with E-state index in [9.17, 15) is 4.79 Å². The Balaban J connectivity index is 1.71. The number of aromatic amines is 1. The summed E-state index contributed by atoms with van der Waals surface area (Å²) in [4.78, 5) is 17.8. The Morgan fingerprint density at radius 2 is 2.08 bits per heavy atom. The van der Waals surface area contributed by atoms with Crippen LogP contribution in [-0.4, -0.2) is 20.1 Å². The number of aromatic nitrogens is 2. The lowest BCUT2D eigenvalue weighted by atomic mass is 10.1. The summed E-state index contributed by atoms with van der Waals surface area (Å²) in [6, 6.07) is 13.0. The van der Waals surface area contributed by atoms with E-state index in [2.05, 4.69) is 4.98 Å². The Hall–Kier alpha value is -3.28. The molecule has 0 saturated carbocycles. The van der Waals surface area contributed by atoms with E-state index < -0.39 is 0 Å². The average Bonchev–Trinajstić information content (AvgIpc) is 3.26. The van der Waals surface area contributed by atoms with Crippen LogP contribution >= 0.6 is 0 Å². The first-order chi connectivity index (χ1) is 11.7. The maximum atomic E-state index is 12.6. The fraction of sp³-hybridized carbons (Fsp3) is 0.111. The lowest BCUT2D eigenvalue weighted by Gasteiger charge is -2.15. The predicted molar refractivity (Wildman–Crippen MR) is 90.3 cm³/mol. The SMILES string of the molecule is N=C1c2c(cc(=O)n3c2[nH]c2ccccc23)CN1Cc1ccco1. The van der Waals surface area contributed by atoms with E-state index in [-0.39, 0.29) is 5.56 Å². The van der Waals surface area contributed by atoms with Gasteiger partial charge in [-0.25, -0.2) is 0 Å². The van der Waals surface area contributed by atoms with E-state index >= 15 is 0 Å². The van der Waals surface area contributed by atoms with Gasteiger partial charge in [0.2, 0.25) is 0 Å². The monoisotopic (exact) mass is 318 g/mol. The number of amidine groups is 1. The van der Waals surface area contributed by atoms with Crippen molar-refractivity contribution >= 4 is 22.5 Å². The molecule has 6 heteroatoms. The first-order valence-electron chi connectivity index (χ1n) is 7.74. The van der Waals surface area contributed by atoms with Crippen molar-refractivity contribution in [2.75, 3.05) is 0 Å². The molecule has 2 N–H and O–H groups in total. The zero-order chi connectivity index (χ0) is 16.3. The van der Waals surface area contributed by atoms with Crippen LogP contribution in [0.5, 0.6) is 0 Å². The fourth-order valence-corrected chi connectivity index (χ4v) is 3.48. The number of benzene rings is 1. The van der Waals surface area contributed by atoms with Crippen molar-refractivity contribution in [3.8, 4) is 0 Å². The first-order valence-corrected chi connectivity index (χ1v) is 7.74. The molecule has 118 valence electrons. The summed E-state index contributed by atoms with van der Waals surface area (Å²) in [6.45, 7) is 1.05. The highest BCUT2D eigenvalue weighted by atomic mass is 16.3. The average molecular weight is 318 g/mol. The van der Waals surface area contributed by atoms with Gasteiger partial charge in [-0.2, -0.15) is 0 Å². The van der Waals surface area contributed by atoms with E-state index in [1.807, 2.05) is 41.3 Å². The molecule has 0 atom stereocenters. The van der Waals surface area contributed by atoms with Crippen molar-refractivity contribution in [1.82, 2.24) is 14.3 Å². The number of imidazole rings is 1. The normalized spacial score (nSPS) is 14.0. The van der Waals surface area contributed by atoms with Crippen LogP contribution in [-0.2, 0) is 13.1 Å². The highest BCUT2D eigenvalue weighted by Gasteiger charge is 2.29. The Morgan fingerprint density at radius 3 is 2.92 bits per heavy atom. The number of hydrogen-bond donors (Lipinski definition) is 2. The largest absolute Gasteiger partial charge is 0.467 e. The van der Waals surface area contributed by atoms with Gasteiger partial charge in [-0.3, -0.25) is 14.6 Å². The van der Waals surface area contributed by atoms with Crippen LogP contribution in [0.25, 0.3) is 16.7 Å². The van der Waals surface area contributed by atoms with Crippen molar-refractivity contribution in [3.63, 3.8) is 0 Å². The van der Waals surface area contributed by atoms with Crippen LogP contribution in [0.3, 0.4) is 0 Å². The molecule has 0 radical (unpaired) electrons. The first kappa shape index (κ1) is 13.2. The second-order valence-electron chi connectivity index (χ2n) is 5.99.